The topological polar surface area (TPSA) is 109 Å². The van der Waals surface area contributed by atoms with Gasteiger partial charge < -0.3 is 20.2 Å². The van der Waals surface area contributed by atoms with Gasteiger partial charge in [-0.05, 0) is 61.9 Å². The Kier molecular flexibility index (Phi) is 5.82. The molecule has 1 fully saturated rings. The van der Waals surface area contributed by atoms with Crippen molar-refractivity contribution in [3.05, 3.63) is 54.0 Å². The summed E-state index contributed by atoms with van der Waals surface area (Å²) in [7, 11) is 0. The summed E-state index contributed by atoms with van der Waals surface area (Å²) in [6.45, 7) is 2.10. The number of carboxylic acid groups (broad SMARTS) is 1. The van der Waals surface area contributed by atoms with E-state index in [4.69, 9.17) is 4.42 Å². The monoisotopic (exact) mass is 384 g/mol. The quantitative estimate of drug-likeness (QED) is 0.704. The Morgan fingerprint density at radius 2 is 1.89 bits per heavy atom. The average molecular weight is 384 g/mol. The maximum Gasteiger partial charge on any atom is 0.329 e. The fourth-order valence-electron chi connectivity index (χ4n) is 3.60. The number of carbonyl (C=O) groups is 3. The molecule has 3 N–H and O–H groups in total. The predicted molar refractivity (Wildman–Crippen MR) is 103 cm³/mol. The molecular formula is C21H24N2O5. The molecule has 3 rings (SSSR count). The van der Waals surface area contributed by atoms with Crippen molar-refractivity contribution >= 4 is 23.5 Å². The third-order valence-corrected chi connectivity index (χ3v) is 5.43. The summed E-state index contributed by atoms with van der Waals surface area (Å²) in [5, 5.41) is 15.1. The van der Waals surface area contributed by atoms with E-state index in [-0.39, 0.29) is 11.3 Å². The molecule has 1 aromatic carbocycles. The maximum absolute atomic E-state index is 12.7. The van der Waals surface area contributed by atoms with Gasteiger partial charge in [-0.1, -0.05) is 19.4 Å². The number of carboxylic acids is 1. The lowest BCUT2D eigenvalue weighted by Crippen LogP contribution is -2.56. The molecule has 1 aliphatic rings. The lowest BCUT2D eigenvalue weighted by atomic mass is 9.75. The van der Waals surface area contributed by atoms with Crippen LogP contribution in [0.1, 0.15) is 59.9 Å². The zero-order valence-corrected chi connectivity index (χ0v) is 15.7. The van der Waals surface area contributed by atoms with Crippen LogP contribution in [0.5, 0.6) is 0 Å². The van der Waals surface area contributed by atoms with Gasteiger partial charge in [0.2, 0.25) is 0 Å². The van der Waals surface area contributed by atoms with Crippen LogP contribution in [0, 0.1) is 5.92 Å². The molecule has 2 amide bonds. The Labute approximate surface area is 163 Å². The molecule has 2 aromatic rings. The van der Waals surface area contributed by atoms with Gasteiger partial charge in [0.05, 0.1) is 6.26 Å². The molecule has 1 aromatic heterocycles. The molecule has 0 spiro atoms. The van der Waals surface area contributed by atoms with Crippen molar-refractivity contribution < 1.29 is 23.9 Å². The normalized spacial score (nSPS) is 21.7. The van der Waals surface area contributed by atoms with E-state index in [9.17, 15) is 19.5 Å². The lowest BCUT2D eigenvalue weighted by Gasteiger charge is -2.37. The van der Waals surface area contributed by atoms with Gasteiger partial charge in [-0.25, -0.2) is 4.79 Å². The maximum atomic E-state index is 12.7. The number of amides is 2. The highest BCUT2D eigenvalue weighted by atomic mass is 16.4. The van der Waals surface area contributed by atoms with Gasteiger partial charge in [0.25, 0.3) is 11.8 Å². The minimum atomic E-state index is -1.24. The Balaban J connectivity index is 1.71. The summed E-state index contributed by atoms with van der Waals surface area (Å²) in [5.74, 6) is -1.23. The van der Waals surface area contributed by atoms with Crippen molar-refractivity contribution in [3.8, 4) is 0 Å². The van der Waals surface area contributed by atoms with Crippen LogP contribution < -0.4 is 10.6 Å². The molecular weight excluding hydrogens is 360 g/mol. The molecule has 7 heteroatoms. The van der Waals surface area contributed by atoms with Crippen LogP contribution in [-0.2, 0) is 4.79 Å². The van der Waals surface area contributed by atoms with Gasteiger partial charge in [0.1, 0.15) is 5.54 Å². The van der Waals surface area contributed by atoms with Crippen LogP contribution in [-0.4, -0.2) is 28.4 Å². The molecule has 1 aliphatic carbocycles. The highest BCUT2D eigenvalue weighted by molar-refractivity contribution is 6.03. The smallest absolute Gasteiger partial charge is 0.329 e. The Morgan fingerprint density at radius 1 is 1.14 bits per heavy atom. The first-order valence-corrected chi connectivity index (χ1v) is 9.44. The zero-order chi connectivity index (χ0) is 20.1. The Hall–Kier alpha value is -3.09. The van der Waals surface area contributed by atoms with Gasteiger partial charge in [-0.15, -0.1) is 0 Å². The molecule has 1 saturated carbocycles. The van der Waals surface area contributed by atoms with E-state index in [0.29, 0.717) is 24.4 Å². The standard InChI is InChI=1S/C21H24N2O5/c1-2-14-8-10-21(11-9-14,20(26)27)23-18(24)15-5-3-6-16(13-15)22-19(25)17-7-4-12-28-17/h3-7,12-14H,2,8-11H2,1H3,(H,22,25)(H,23,24)(H,26,27). The molecule has 0 saturated heterocycles. The average Bonchev–Trinajstić information content (AvgIpc) is 3.23. The number of rotatable bonds is 6. The van der Waals surface area contributed by atoms with Gasteiger partial charge >= 0.3 is 5.97 Å². The number of benzene rings is 1. The summed E-state index contributed by atoms with van der Waals surface area (Å²) in [4.78, 5) is 36.7. The number of anilines is 1. The fourth-order valence-corrected chi connectivity index (χ4v) is 3.60. The first kappa shape index (κ1) is 19.7. The van der Waals surface area contributed by atoms with E-state index in [1.54, 1.807) is 24.3 Å². The molecule has 0 aliphatic heterocycles. The highest BCUT2D eigenvalue weighted by Gasteiger charge is 2.43. The highest BCUT2D eigenvalue weighted by Crippen LogP contribution is 2.34. The van der Waals surface area contributed by atoms with Gasteiger partial charge in [0.15, 0.2) is 5.76 Å². The molecule has 0 radical (unpaired) electrons. The zero-order valence-electron chi connectivity index (χ0n) is 15.7. The summed E-state index contributed by atoms with van der Waals surface area (Å²) in [5.41, 5.74) is -0.528. The van der Waals surface area contributed by atoms with Crippen molar-refractivity contribution in [3.63, 3.8) is 0 Å². The van der Waals surface area contributed by atoms with Crippen molar-refractivity contribution in [2.45, 2.75) is 44.6 Å². The first-order chi connectivity index (χ1) is 13.4. The van der Waals surface area contributed by atoms with E-state index in [2.05, 4.69) is 17.6 Å². The first-order valence-electron chi connectivity index (χ1n) is 9.44. The van der Waals surface area contributed by atoms with Crippen LogP contribution in [0.3, 0.4) is 0 Å². The molecule has 28 heavy (non-hydrogen) atoms. The number of furan rings is 1. The van der Waals surface area contributed by atoms with Crippen molar-refractivity contribution in [1.29, 1.82) is 0 Å². The lowest BCUT2D eigenvalue weighted by molar-refractivity contribution is -0.146. The second kappa shape index (κ2) is 8.29. The molecule has 7 nitrogen and oxygen atoms in total. The minimum Gasteiger partial charge on any atom is -0.480 e. The summed E-state index contributed by atoms with van der Waals surface area (Å²) < 4.78 is 5.05. The van der Waals surface area contributed by atoms with Crippen LogP contribution in [0.4, 0.5) is 5.69 Å². The minimum absolute atomic E-state index is 0.160. The molecule has 0 bridgehead atoms. The van der Waals surface area contributed by atoms with Crippen molar-refractivity contribution in [2.75, 3.05) is 5.32 Å². The molecule has 0 unspecified atom stereocenters. The SMILES string of the molecule is CCC1CCC(NC(=O)c2cccc(NC(=O)c3ccco3)c2)(C(=O)O)CC1. The largest absolute Gasteiger partial charge is 0.480 e. The van der Waals surface area contributed by atoms with E-state index in [1.807, 2.05) is 0 Å². The van der Waals surface area contributed by atoms with E-state index < -0.39 is 23.3 Å². The fraction of sp³-hybridized carbons (Fsp3) is 0.381. The predicted octanol–water partition coefficient (Wildman–Crippen LogP) is 3.69. The number of hydrogen-bond donors (Lipinski definition) is 3. The van der Waals surface area contributed by atoms with Gasteiger partial charge in [-0.3, -0.25) is 9.59 Å². The Bertz CT molecular complexity index is 851. The van der Waals surface area contributed by atoms with Crippen LogP contribution in [0.2, 0.25) is 0 Å². The third-order valence-electron chi connectivity index (χ3n) is 5.43. The van der Waals surface area contributed by atoms with E-state index >= 15 is 0 Å². The summed E-state index contributed by atoms with van der Waals surface area (Å²) in [6.07, 6.45) is 4.81. The van der Waals surface area contributed by atoms with E-state index in [1.165, 1.54) is 18.4 Å². The van der Waals surface area contributed by atoms with Crippen LogP contribution >= 0.6 is 0 Å². The number of aliphatic carboxylic acids is 1. The van der Waals surface area contributed by atoms with Crippen molar-refractivity contribution in [1.82, 2.24) is 5.32 Å². The Morgan fingerprint density at radius 3 is 2.50 bits per heavy atom. The summed E-state index contributed by atoms with van der Waals surface area (Å²) >= 11 is 0. The van der Waals surface area contributed by atoms with Gasteiger partial charge in [-0.2, -0.15) is 0 Å². The second-order valence-corrected chi connectivity index (χ2v) is 7.21. The molecule has 1 heterocycles. The number of nitrogens with one attached hydrogen (secondary N) is 2. The summed E-state index contributed by atoms with van der Waals surface area (Å²) in [6, 6.07) is 9.53. The second-order valence-electron chi connectivity index (χ2n) is 7.21. The number of hydrogen-bond acceptors (Lipinski definition) is 4. The van der Waals surface area contributed by atoms with E-state index in [0.717, 1.165) is 19.3 Å². The van der Waals surface area contributed by atoms with Gasteiger partial charge in [0, 0.05) is 11.3 Å². The third kappa shape index (κ3) is 4.24. The van der Waals surface area contributed by atoms with Crippen LogP contribution in [0.25, 0.3) is 0 Å². The molecule has 0 atom stereocenters. The van der Waals surface area contributed by atoms with Crippen molar-refractivity contribution in [2.24, 2.45) is 5.92 Å². The van der Waals surface area contributed by atoms with Crippen LogP contribution in [0.15, 0.2) is 47.1 Å². The molecule has 148 valence electrons. The number of carbonyl (C=O) groups excluding carboxylic acids is 2.